The summed E-state index contributed by atoms with van der Waals surface area (Å²) in [6.07, 6.45) is 1.44. The molecule has 10 heteroatoms. The molecule has 0 saturated carbocycles. The van der Waals surface area contributed by atoms with E-state index in [0.29, 0.717) is 22.8 Å². The summed E-state index contributed by atoms with van der Waals surface area (Å²) in [6, 6.07) is 16.9. The Morgan fingerprint density at radius 2 is 1.89 bits per heavy atom. The summed E-state index contributed by atoms with van der Waals surface area (Å²) < 4.78 is 10.8. The molecule has 3 amide bonds. The normalized spacial score (nSPS) is 14.5. The Balaban J connectivity index is 1.47. The second-order valence-corrected chi connectivity index (χ2v) is 8.70. The van der Waals surface area contributed by atoms with E-state index in [1.807, 2.05) is 6.07 Å². The lowest BCUT2D eigenvalue weighted by Crippen LogP contribution is -2.36. The van der Waals surface area contributed by atoms with Crippen LogP contribution in [-0.2, 0) is 14.3 Å². The molecule has 4 rings (SSSR count). The summed E-state index contributed by atoms with van der Waals surface area (Å²) >= 11 is 6.83. The van der Waals surface area contributed by atoms with Gasteiger partial charge in [-0.25, -0.2) is 4.79 Å². The standard InChI is InChI=1S/C25H19ClN2O6S/c1-2-33-24(31)18-12-15(8-10-19(18)26)20-11-9-17(34-20)13-21-23(30)28(25(32)35-21)14-22(29)27-16-6-4-3-5-7-16/h3-13H,2,14H2,1H3,(H,27,29)/b21-13-. The van der Waals surface area contributed by atoms with E-state index in [1.165, 1.54) is 6.08 Å². The molecule has 1 fully saturated rings. The van der Waals surface area contributed by atoms with Gasteiger partial charge in [0.15, 0.2) is 0 Å². The number of hydrogen-bond donors (Lipinski definition) is 1. The van der Waals surface area contributed by atoms with Gasteiger partial charge in [0.1, 0.15) is 18.1 Å². The maximum absolute atomic E-state index is 12.7. The highest BCUT2D eigenvalue weighted by Gasteiger charge is 2.36. The zero-order valence-electron chi connectivity index (χ0n) is 18.4. The topological polar surface area (TPSA) is 106 Å². The minimum Gasteiger partial charge on any atom is -0.462 e. The highest BCUT2D eigenvalue weighted by Crippen LogP contribution is 2.34. The summed E-state index contributed by atoms with van der Waals surface area (Å²) in [4.78, 5) is 50.5. The third-order valence-corrected chi connectivity index (χ3v) is 6.12. The molecule has 178 valence electrons. The average molecular weight is 511 g/mol. The van der Waals surface area contributed by atoms with E-state index in [0.717, 1.165) is 16.7 Å². The molecule has 0 radical (unpaired) electrons. The highest BCUT2D eigenvalue weighted by molar-refractivity contribution is 8.18. The maximum Gasteiger partial charge on any atom is 0.339 e. The highest BCUT2D eigenvalue weighted by atomic mass is 35.5. The van der Waals surface area contributed by atoms with Crippen molar-refractivity contribution < 1.29 is 28.3 Å². The van der Waals surface area contributed by atoms with Crippen molar-refractivity contribution in [2.75, 3.05) is 18.5 Å². The van der Waals surface area contributed by atoms with Crippen LogP contribution in [0, 0.1) is 0 Å². The van der Waals surface area contributed by atoms with Gasteiger partial charge in [0.2, 0.25) is 5.91 Å². The number of rotatable bonds is 7. The molecule has 0 atom stereocenters. The number of carbonyl (C=O) groups excluding carboxylic acids is 4. The van der Waals surface area contributed by atoms with Gasteiger partial charge in [0, 0.05) is 17.3 Å². The molecule has 1 aromatic heterocycles. The van der Waals surface area contributed by atoms with Crippen LogP contribution in [0.3, 0.4) is 0 Å². The summed E-state index contributed by atoms with van der Waals surface area (Å²) in [5.74, 6) is -0.861. The predicted octanol–water partition coefficient (Wildman–Crippen LogP) is 5.45. The monoisotopic (exact) mass is 510 g/mol. The molecule has 2 heterocycles. The van der Waals surface area contributed by atoms with Crippen LogP contribution in [0.1, 0.15) is 23.0 Å². The molecular weight excluding hydrogens is 492 g/mol. The number of amides is 3. The van der Waals surface area contributed by atoms with Crippen LogP contribution in [0.4, 0.5) is 10.5 Å². The Morgan fingerprint density at radius 1 is 1.11 bits per heavy atom. The number of thioether (sulfide) groups is 1. The molecule has 0 bridgehead atoms. The number of esters is 1. The summed E-state index contributed by atoms with van der Waals surface area (Å²) in [7, 11) is 0. The Morgan fingerprint density at radius 3 is 2.63 bits per heavy atom. The maximum atomic E-state index is 12.7. The van der Waals surface area contributed by atoms with Gasteiger partial charge >= 0.3 is 5.97 Å². The number of carbonyl (C=O) groups is 4. The summed E-state index contributed by atoms with van der Waals surface area (Å²) in [6.45, 7) is 1.51. The van der Waals surface area contributed by atoms with Crippen LogP contribution in [0.25, 0.3) is 17.4 Å². The van der Waals surface area contributed by atoms with Crippen molar-refractivity contribution in [3.8, 4) is 11.3 Å². The fraction of sp³-hybridized carbons (Fsp3) is 0.120. The second-order valence-electron chi connectivity index (χ2n) is 7.30. The number of para-hydroxylation sites is 1. The van der Waals surface area contributed by atoms with Crippen LogP contribution in [0.15, 0.2) is 70.0 Å². The minimum absolute atomic E-state index is 0.131. The van der Waals surface area contributed by atoms with Gasteiger partial charge in [-0.1, -0.05) is 29.8 Å². The molecule has 1 N–H and O–H groups in total. The van der Waals surface area contributed by atoms with Crippen LogP contribution in [0.2, 0.25) is 5.02 Å². The Bertz CT molecular complexity index is 1330. The van der Waals surface area contributed by atoms with Crippen LogP contribution < -0.4 is 5.32 Å². The molecule has 2 aromatic carbocycles. The fourth-order valence-corrected chi connectivity index (χ4v) is 4.27. The number of imide groups is 1. The van der Waals surface area contributed by atoms with E-state index in [1.54, 1.807) is 61.5 Å². The molecule has 35 heavy (non-hydrogen) atoms. The van der Waals surface area contributed by atoms with Gasteiger partial charge in [-0.05, 0) is 61.2 Å². The minimum atomic E-state index is -0.586. The molecular formula is C25H19ClN2O6S. The third kappa shape index (κ3) is 5.64. The van der Waals surface area contributed by atoms with Crippen molar-refractivity contribution in [1.82, 2.24) is 4.90 Å². The number of nitrogens with zero attached hydrogens (tertiary/aromatic N) is 1. The number of hydrogen-bond acceptors (Lipinski definition) is 7. The van der Waals surface area contributed by atoms with E-state index in [-0.39, 0.29) is 22.1 Å². The van der Waals surface area contributed by atoms with Crippen LogP contribution in [-0.4, -0.2) is 41.1 Å². The first kappa shape index (κ1) is 24.3. The average Bonchev–Trinajstić information content (AvgIpc) is 3.40. The lowest BCUT2D eigenvalue weighted by Gasteiger charge is -2.12. The zero-order chi connectivity index (χ0) is 24.9. The lowest BCUT2D eigenvalue weighted by atomic mass is 10.1. The van der Waals surface area contributed by atoms with Crippen molar-refractivity contribution in [1.29, 1.82) is 0 Å². The number of anilines is 1. The number of nitrogens with one attached hydrogen (secondary N) is 1. The largest absolute Gasteiger partial charge is 0.462 e. The molecule has 0 spiro atoms. The number of halogens is 1. The smallest absolute Gasteiger partial charge is 0.339 e. The SMILES string of the molecule is CCOC(=O)c1cc(-c2ccc(/C=C3\SC(=O)N(CC(=O)Nc4ccccc4)C3=O)o2)ccc1Cl. The van der Waals surface area contributed by atoms with Crippen LogP contribution in [0.5, 0.6) is 0 Å². The van der Waals surface area contributed by atoms with Gasteiger partial charge < -0.3 is 14.5 Å². The fourth-order valence-electron chi connectivity index (χ4n) is 3.26. The van der Waals surface area contributed by atoms with E-state index >= 15 is 0 Å². The molecule has 1 aliphatic heterocycles. The van der Waals surface area contributed by atoms with Crippen molar-refractivity contribution >= 4 is 58.1 Å². The van der Waals surface area contributed by atoms with Gasteiger partial charge in [-0.2, -0.15) is 0 Å². The second kappa shape index (κ2) is 10.6. The van der Waals surface area contributed by atoms with E-state index in [4.69, 9.17) is 20.8 Å². The predicted molar refractivity (Wildman–Crippen MR) is 133 cm³/mol. The first-order chi connectivity index (χ1) is 16.9. The van der Waals surface area contributed by atoms with Gasteiger partial charge in [0.25, 0.3) is 11.1 Å². The van der Waals surface area contributed by atoms with Gasteiger partial charge in [-0.15, -0.1) is 0 Å². The van der Waals surface area contributed by atoms with Crippen LogP contribution >= 0.6 is 23.4 Å². The van der Waals surface area contributed by atoms with Crippen molar-refractivity contribution in [2.45, 2.75) is 6.92 Å². The first-order valence-corrected chi connectivity index (χ1v) is 11.7. The zero-order valence-corrected chi connectivity index (χ0v) is 20.0. The lowest BCUT2D eigenvalue weighted by molar-refractivity contribution is -0.127. The van der Waals surface area contributed by atoms with E-state index in [2.05, 4.69) is 5.32 Å². The molecule has 3 aromatic rings. The molecule has 8 nitrogen and oxygen atoms in total. The summed E-state index contributed by atoms with van der Waals surface area (Å²) in [5.41, 5.74) is 1.36. The molecule has 0 unspecified atom stereocenters. The number of benzene rings is 2. The quantitative estimate of drug-likeness (QED) is 0.332. The van der Waals surface area contributed by atoms with E-state index < -0.39 is 29.6 Å². The number of ether oxygens (including phenoxy) is 1. The van der Waals surface area contributed by atoms with Gasteiger partial charge in [0.05, 0.1) is 22.1 Å². The van der Waals surface area contributed by atoms with Gasteiger partial charge in [-0.3, -0.25) is 19.3 Å². The molecule has 1 aliphatic rings. The third-order valence-electron chi connectivity index (χ3n) is 4.88. The number of furan rings is 1. The van der Waals surface area contributed by atoms with E-state index in [9.17, 15) is 19.2 Å². The Hall–Kier alpha value is -3.82. The Labute approximate surface area is 209 Å². The van der Waals surface area contributed by atoms with Crippen molar-refractivity contribution in [3.05, 3.63) is 81.9 Å². The van der Waals surface area contributed by atoms with Crippen molar-refractivity contribution in [2.24, 2.45) is 0 Å². The van der Waals surface area contributed by atoms with Crippen molar-refractivity contribution in [3.63, 3.8) is 0 Å². The first-order valence-electron chi connectivity index (χ1n) is 10.5. The summed E-state index contributed by atoms with van der Waals surface area (Å²) in [5, 5.41) is 2.35. The molecule has 1 saturated heterocycles. The Kier molecular flexibility index (Phi) is 7.38. The molecule has 0 aliphatic carbocycles.